The SMILES string of the molecule is C[C@H]1CC[C@@H](NC(=O)c2c(O)c3cccnc3n(CCN3CC4CCC3CO4)c2=O)CC1. The van der Waals surface area contributed by atoms with Gasteiger partial charge in [-0.05, 0) is 56.6 Å². The van der Waals surface area contributed by atoms with Crippen molar-refractivity contribution in [1.29, 1.82) is 0 Å². The fourth-order valence-electron chi connectivity index (χ4n) is 5.48. The van der Waals surface area contributed by atoms with Gasteiger partial charge in [-0.2, -0.15) is 0 Å². The van der Waals surface area contributed by atoms with Crippen LogP contribution in [0.4, 0.5) is 0 Å². The molecule has 2 atom stereocenters. The lowest BCUT2D eigenvalue weighted by Crippen LogP contribution is -2.55. The number of nitrogens with one attached hydrogen (secondary N) is 1. The van der Waals surface area contributed by atoms with E-state index in [9.17, 15) is 14.7 Å². The zero-order valence-corrected chi connectivity index (χ0v) is 18.6. The second-order valence-corrected chi connectivity index (χ2v) is 9.67. The Morgan fingerprint density at radius 1 is 1.22 bits per heavy atom. The van der Waals surface area contributed by atoms with Gasteiger partial charge in [0.1, 0.15) is 17.0 Å². The van der Waals surface area contributed by atoms with Crippen LogP contribution in [-0.4, -0.2) is 63.3 Å². The lowest BCUT2D eigenvalue weighted by atomic mass is 9.87. The van der Waals surface area contributed by atoms with Crippen molar-refractivity contribution >= 4 is 16.9 Å². The second kappa shape index (κ2) is 8.83. The molecule has 8 nitrogen and oxygen atoms in total. The van der Waals surface area contributed by atoms with E-state index in [0.717, 1.165) is 51.7 Å². The third-order valence-electron chi connectivity index (χ3n) is 7.48. The molecule has 0 aromatic carbocycles. The predicted molar refractivity (Wildman–Crippen MR) is 121 cm³/mol. The van der Waals surface area contributed by atoms with Gasteiger partial charge >= 0.3 is 0 Å². The molecule has 3 aliphatic heterocycles. The number of aromatic hydroxyl groups is 1. The van der Waals surface area contributed by atoms with Crippen molar-refractivity contribution in [2.45, 2.75) is 70.2 Å². The standard InChI is InChI=1S/C24H32N4O4/c1-15-4-6-16(7-5-15)26-23(30)20-21(29)19-3-2-10-25-22(19)28(24(20)31)12-11-27-13-18-9-8-17(27)14-32-18/h2-3,10,15-18,29H,4-9,11-14H2,1H3,(H,26,30)/t15-,16+,17?,18?. The molecular formula is C24H32N4O4. The molecule has 2 aromatic heterocycles. The molecule has 8 heteroatoms. The normalized spacial score (nSPS) is 28.2. The summed E-state index contributed by atoms with van der Waals surface area (Å²) >= 11 is 0. The first-order chi connectivity index (χ1) is 15.5. The van der Waals surface area contributed by atoms with Crippen molar-refractivity contribution in [2.24, 2.45) is 5.92 Å². The maximum Gasteiger partial charge on any atom is 0.268 e. The van der Waals surface area contributed by atoms with Gasteiger partial charge in [0.05, 0.1) is 18.1 Å². The summed E-state index contributed by atoms with van der Waals surface area (Å²) in [4.78, 5) is 33.3. The van der Waals surface area contributed by atoms with Crippen LogP contribution in [0, 0.1) is 5.92 Å². The number of carbonyl (C=O) groups is 1. The zero-order chi connectivity index (χ0) is 22.2. The number of nitrogens with zero attached hydrogens (tertiary/aromatic N) is 3. The van der Waals surface area contributed by atoms with E-state index < -0.39 is 11.5 Å². The molecule has 2 N–H and O–H groups in total. The van der Waals surface area contributed by atoms with E-state index in [-0.39, 0.29) is 23.5 Å². The maximum absolute atomic E-state index is 13.4. The minimum absolute atomic E-state index is 0.0412. The minimum Gasteiger partial charge on any atom is -0.506 e. The van der Waals surface area contributed by atoms with E-state index in [0.29, 0.717) is 36.1 Å². The first kappa shape index (κ1) is 21.4. The highest BCUT2D eigenvalue weighted by atomic mass is 16.5. The lowest BCUT2D eigenvalue weighted by molar-refractivity contribution is -0.106. The van der Waals surface area contributed by atoms with Gasteiger partial charge in [-0.3, -0.25) is 19.1 Å². The monoisotopic (exact) mass is 440 g/mol. The van der Waals surface area contributed by atoms with E-state index >= 15 is 0 Å². The Morgan fingerprint density at radius 3 is 2.72 bits per heavy atom. The maximum atomic E-state index is 13.4. The van der Waals surface area contributed by atoms with E-state index in [4.69, 9.17) is 4.74 Å². The second-order valence-electron chi connectivity index (χ2n) is 9.67. The molecule has 4 fully saturated rings. The van der Waals surface area contributed by atoms with Crippen molar-refractivity contribution in [2.75, 3.05) is 19.7 Å². The number of hydrogen-bond donors (Lipinski definition) is 2. The third-order valence-corrected chi connectivity index (χ3v) is 7.48. The van der Waals surface area contributed by atoms with Crippen LogP contribution >= 0.6 is 0 Å². The summed E-state index contributed by atoms with van der Waals surface area (Å²) < 4.78 is 7.34. The Balaban J connectivity index is 1.43. The van der Waals surface area contributed by atoms with Crippen LogP contribution in [0.3, 0.4) is 0 Å². The molecule has 2 aromatic rings. The largest absolute Gasteiger partial charge is 0.506 e. The summed E-state index contributed by atoms with van der Waals surface area (Å²) in [5.41, 5.74) is -0.238. The van der Waals surface area contributed by atoms with E-state index in [1.165, 1.54) is 0 Å². The lowest BCUT2D eigenvalue weighted by Gasteiger charge is -2.45. The number of fused-ring (bicyclic) bond motifs is 4. The molecule has 32 heavy (non-hydrogen) atoms. The number of rotatable bonds is 5. The summed E-state index contributed by atoms with van der Waals surface area (Å²) in [6, 6.07) is 3.84. The average molecular weight is 441 g/mol. The molecule has 0 spiro atoms. The molecule has 6 rings (SSSR count). The fraction of sp³-hybridized carbons (Fsp3) is 0.625. The molecule has 0 radical (unpaired) electrons. The number of carbonyl (C=O) groups excluding carboxylic acids is 1. The third kappa shape index (κ3) is 4.01. The van der Waals surface area contributed by atoms with Gasteiger partial charge in [-0.1, -0.05) is 6.92 Å². The van der Waals surface area contributed by atoms with Crippen molar-refractivity contribution in [1.82, 2.24) is 19.8 Å². The van der Waals surface area contributed by atoms with Crippen LogP contribution in [0.2, 0.25) is 0 Å². The van der Waals surface area contributed by atoms with Crippen molar-refractivity contribution < 1.29 is 14.6 Å². The predicted octanol–water partition coefficient (Wildman–Crippen LogP) is 2.27. The minimum atomic E-state index is -0.489. The number of piperidine rings is 1. The van der Waals surface area contributed by atoms with Crippen LogP contribution < -0.4 is 10.9 Å². The van der Waals surface area contributed by atoms with Crippen LogP contribution in [0.5, 0.6) is 5.75 Å². The van der Waals surface area contributed by atoms with E-state index in [1.54, 1.807) is 22.9 Å². The van der Waals surface area contributed by atoms with Gasteiger partial charge in [0.15, 0.2) is 0 Å². The first-order valence-electron chi connectivity index (χ1n) is 11.9. The summed E-state index contributed by atoms with van der Waals surface area (Å²) in [5.74, 6) is -0.102. The van der Waals surface area contributed by atoms with Crippen molar-refractivity contribution in [3.8, 4) is 5.75 Å². The Bertz CT molecular complexity index is 1050. The van der Waals surface area contributed by atoms with Crippen molar-refractivity contribution in [3.05, 3.63) is 34.2 Å². The van der Waals surface area contributed by atoms with E-state index in [1.807, 2.05) is 0 Å². The number of ether oxygens (including phenoxy) is 1. The van der Waals surface area contributed by atoms with Gasteiger partial charge in [0.2, 0.25) is 0 Å². The quantitative estimate of drug-likeness (QED) is 0.741. The van der Waals surface area contributed by atoms with Crippen molar-refractivity contribution in [3.63, 3.8) is 0 Å². The van der Waals surface area contributed by atoms with Crippen LogP contribution in [-0.2, 0) is 11.3 Å². The Hall–Kier alpha value is -2.45. The summed E-state index contributed by atoms with van der Waals surface area (Å²) in [5, 5.41) is 14.3. The Labute approximate surface area is 187 Å². The van der Waals surface area contributed by atoms with Gasteiger partial charge < -0.3 is 15.2 Å². The molecule has 1 saturated carbocycles. The highest BCUT2D eigenvalue weighted by Gasteiger charge is 2.34. The number of pyridine rings is 2. The molecule has 172 valence electrons. The topological polar surface area (TPSA) is 96.7 Å². The van der Waals surface area contributed by atoms with Gasteiger partial charge in [-0.15, -0.1) is 0 Å². The van der Waals surface area contributed by atoms with Gasteiger partial charge in [-0.25, -0.2) is 4.98 Å². The van der Waals surface area contributed by atoms with Crippen LogP contribution in [0.25, 0.3) is 11.0 Å². The molecular weight excluding hydrogens is 408 g/mol. The summed E-state index contributed by atoms with van der Waals surface area (Å²) in [6.45, 7) is 4.93. The summed E-state index contributed by atoms with van der Waals surface area (Å²) in [7, 11) is 0. The fourth-order valence-corrected chi connectivity index (χ4v) is 5.48. The Kier molecular flexibility index (Phi) is 5.90. The number of morpholine rings is 1. The number of amides is 1. The molecule has 2 bridgehead atoms. The Morgan fingerprint density at radius 2 is 2.03 bits per heavy atom. The smallest absolute Gasteiger partial charge is 0.268 e. The molecule has 1 aliphatic carbocycles. The summed E-state index contributed by atoms with van der Waals surface area (Å²) in [6.07, 6.45) is 8.00. The van der Waals surface area contributed by atoms with Crippen LogP contribution in [0.15, 0.2) is 23.1 Å². The molecule has 1 amide bonds. The number of hydrogen-bond acceptors (Lipinski definition) is 6. The average Bonchev–Trinajstić information content (AvgIpc) is 2.81. The highest BCUT2D eigenvalue weighted by molar-refractivity contribution is 6.01. The van der Waals surface area contributed by atoms with E-state index in [2.05, 4.69) is 22.1 Å². The number of aromatic nitrogens is 2. The van der Waals surface area contributed by atoms with Gasteiger partial charge in [0, 0.05) is 37.9 Å². The van der Waals surface area contributed by atoms with Crippen LogP contribution in [0.1, 0.15) is 55.8 Å². The zero-order valence-electron chi connectivity index (χ0n) is 18.6. The first-order valence-corrected chi connectivity index (χ1v) is 11.9. The molecule has 4 aliphatic rings. The molecule has 2 unspecified atom stereocenters. The van der Waals surface area contributed by atoms with Gasteiger partial charge in [0.25, 0.3) is 11.5 Å². The molecule has 5 heterocycles. The molecule has 3 saturated heterocycles. The highest BCUT2D eigenvalue weighted by Crippen LogP contribution is 2.28.